The number of nitrogens with two attached hydrogens (primary N) is 1. The molecule has 0 saturated carbocycles. The van der Waals surface area contributed by atoms with Gasteiger partial charge in [0.15, 0.2) is 5.75 Å². The molecule has 0 unspecified atom stereocenters. The van der Waals surface area contributed by atoms with E-state index in [2.05, 4.69) is 36.2 Å². The van der Waals surface area contributed by atoms with E-state index in [1.165, 1.54) is 60.7 Å². The lowest BCUT2D eigenvalue weighted by molar-refractivity contribution is 0.405. The highest BCUT2D eigenvalue weighted by Crippen LogP contribution is 2.41. The van der Waals surface area contributed by atoms with E-state index in [4.69, 9.17) is 10.6 Å². The first-order valence-corrected chi connectivity index (χ1v) is 24.6. The average molecular weight is 983 g/mol. The third-order valence-corrected chi connectivity index (χ3v) is 13.3. The molecule has 0 heterocycles. The first-order valence-electron chi connectivity index (χ1n) is 18.9. The van der Waals surface area contributed by atoms with Crippen LogP contribution in [-0.4, -0.2) is 51.9 Å². The van der Waals surface area contributed by atoms with E-state index < -0.39 is 60.1 Å². The van der Waals surface area contributed by atoms with Crippen molar-refractivity contribution in [3.05, 3.63) is 140 Å². The van der Waals surface area contributed by atoms with Crippen LogP contribution in [0.4, 0.5) is 45.5 Å². The number of hydrogen-bond acceptors (Lipinski definition) is 17. The second kappa shape index (κ2) is 17.6. The molecular formula is C42H30N8O13S4. The van der Waals surface area contributed by atoms with Crippen LogP contribution in [0.1, 0.15) is 0 Å². The van der Waals surface area contributed by atoms with E-state index in [0.29, 0.717) is 22.2 Å². The second-order valence-electron chi connectivity index (χ2n) is 14.2. The van der Waals surface area contributed by atoms with Crippen LogP contribution >= 0.6 is 0 Å². The lowest BCUT2D eigenvalue weighted by Crippen LogP contribution is -2.04. The topological polar surface area (TPSA) is 339 Å². The summed E-state index contributed by atoms with van der Waals surface area (Å²) in [4.78, 5) is 3.31. The van der Waals surface area contributed by atoms with E-state index >= 15 is 0 Å². The highest BCUT2D eigenvalue weighted by atomic mass is 32.2. The summed E-state index contributed by atoms with van der Waals surface area (Å²) in [6.07, 6.45) is 0. The Morgan fingerprint density at radius 2 is 0.925 bits per heavy atom. The fourth-order valence-corrected chi connectivity index (χ4v) is 8.91. The molecule has 0 radical (unpaired) electrons. The molecule has 0 atom stereocenters. The van der Waals surface area contributed by atoms with E-state index in [0.717, 1.165) is 30.3 Å². The van der Waals surface area contributed by atoms with Crippen LogP contribution in [0.25, 0.3) is 32.3 Å². The van der Waals surface area contributed by atoms with Crippen molar-refractivity contribution in [2.24, 2.45) is 30.7 Å². The van der Waals surface area contributed by atoms with Gasteiger partial charge in [0.2, 0.25) is 0 Å². The third-order valence-electron chi connectivity index (χ3n) is 9.78. The number of hydrogen-bond donors (Lipinski definition) is 6. The number of rotatable bonds is 13. The Labute approximate surface area is 380 Å². The van der Waals surface area contributed by atoms with Gasteiger partial charge in [-0.3, -0.25) is 18.2 Å². The van der Waals surface area contributed by atoms with Crippen LogP contribution in [0, 0.1) is 0 Å². The smallest absolute Gasteiger partial charge is 0.296 e. The minimum atomic E-state index is -4.87. The quantitative estimate of drug-likeness (QED) is 0.0271. The fraction of sp³-hybridized carbons (Fsp3) is 0. The van der Waals surface area contributed by atoms with E-state index in [9.17, 15) is 51.9 Å². The number of nitrogens with one attached hydrogen (secondary N) is 1. The molecule has 0 amide bonds. The van der Waals surface area contributed by atoms with E-state index in [1.807, 2.05) is 6.07 Å². The summed E-state index contributed by atoms with van der Waals surface area (Å²) in [5.74, 6) is 0.523. The Hall–Kier alpha value is -7.62. The largest absolute Gasteiger partial charge is 0.398 e. The molecule has 0 aliphatic rings. The zero-order valence-corrected chi connectivity index (χ0v) is 36.9. The highest BCUT2D eigenvalue weighted by Gasteiger charge is 2.20. The minimum absolute atomic E-state index is 0.0152. The summed E-state index contributed by atoms with van der Waals surface area (Å²) < 4.78 is 137. The summed E-state index contributed by atoms with van der Waals surface area (Å²) >= 11 is 0. The molecule has 0 aliphatic carbocycles. The first kappa shape index (κ1) is 45.9. The van der Waals surface area contributed by atoms with Crippen molar-refractivity contribution in [2.45, 2.75) is 19.6 Å². The molecule has 8 aromatic rings. The number of anilines is 2. The van der Waals surface area contributed by atoms with Gasteiger partial charge in [-0.1, -0.05) is 36.4 Å². The van der Waals surface area contributed by atoms with Crippen LogP contribution in [0.5, 0.6) is 5.75 Å². The Morgan fingerprint density at radius 3 is 1.45 bits per heavy atom. The van der Waals surface area contributed by atoms with Gasteiger partial charge in [-0.2, -0.15) is 38.8 Å². The maximum atomic E-state index is 12.6. The van der Waals surface area contributed by atoms with E-state index in [-0.39, 0.29) is 61.4 Å². The molecule has 21 nitrogen and oxygen atoms in total. The number of nitrogen functional groups attached to an aromatic ring is 1. The highest BCUT2D eigenvalue weighted by molar-refractivity contribution is 7.86. The molecule has 0 bridgehead atoms. The van der Waals surface area contributed by atoms with Gasteiger partial charge in [-0.05, 0) is 114 Å². The molecule has 0 aromatic heterocycles. The summed E-state index contributed by atoms with van der Waals surface area (Å²) in [6.45, 7) is 0. The van der Waals surface area contributed by atoms with Crippen LogP contribution in [-0.2, 0) is 40.5 Å². The summed E-state index contributed by atoms with van der Waals surface area (Å²) in [7, 11) is -19.1. The Balaban J connectivity index is 1.17. The maximum absolute atomic E-state index is 12.6. The number of benzene rings is 8. The predicted octanol–water partition coefficient (Wildman–Crippen LogP) is 10.4. The van der Waals surface area contributed by atoms with Gasteiger partial charge in [0, 0.05) is 21.5 Å². The number of azo groups is 3. The maximum Gasteiger partial charge on any atom is 0.296 e. The summed E-state index contributed by atoms with van der Waals surface area (Å²) in [5.41, 5.74) is 8.56. The zero-order chi connectivity index (χ0) is 47.9. The van der Waals surface area contributed by atoms with Gasteiger partial charge >= 0.3 is 0 Å². The summed E-state index contributed by atoms with van der Waals surface area (Å²) in [6, 6.07) is 32.3. The van der Waals surface area contributed by atoms with Crippen molar-refractivity contribution in [1.82, 2.24) is 0 Å². The first-order chi connectivity index (χ1) is 31.6. The molecule has 0 spiro atoms. The van der Waals surface area contributed by atoms with Crippen molar-refractivity contribution in [1.29, 1.82) is 0 Å². The lowest BCUT2D eigenvalue weighted by atomic mass is 10.1. The molecule has 8 aromatic carbocycles. The number of nitrogens with zero attached hydrogens (tertiary/aromatic N) is 6. The molecule has 7 N–H and O–H groups in total. The standard InChI is InChI=1S/C42H30N8O13S4/c43-35-13-8-26(21-41(35)66(57,58)59)44-45-38-16-14-36(31-11-9-29(22-33(31)38)64(51,52)53)46-48-39-17-15-37(32-12-10-30(23-34(32)39)65(54,55)56)47-49-40-19-24-6-7-27(50-63-28-4-2-1-3-5-28)18-25(24)20-42(40)67(60,61)62/h1-23,50H,43H2,(H,51,52,53)(H,54,55,56)(H,57,58,59)(H,60,61,62). The molecule has 0 aliphatic heterocycles. The van der Waals surface area contributed by atoms with Crippen LogP contribution in [0.3, 0.4) is 0 Å². The van der Waals surface area contributed by atoms with Crippen molar-refractivity contribution in [3.8, 4) is 5.75 Å². The molecule has 0 fully saturated rings. The molecule has 25 heteroatoms. The van der Waals surface area contributed by atoms with Gasteiger partial charge in [-0.15, -0.1) is 25.6 Å². The fourth-order valence-electron chi connectivity index (χ4n) is 6.62. The van der Waals surface area contributed by atoms with Crippen LogP contribution < -0.4 is 16.1 Å². The van der Waals surface area contributed by atoms with Crippen molar-refractivity contribution < 1.29 is 56.7 Å². The number of para-hydroxylation sites is 1. The van der Waals surface area contributed by atoms with Gasteiger partial charge in [0.1, 0.15) is 15.5 Å². The van der Waals surface area contributed by atoms with Gasteiger partial charge in [0.25, 0.3) is 40.5 Å². The second-order valence-corrected chi connectivity index (χ2v) is 19.9. The normalized spacial score (nSPS) is 12.8. The van der Waals surface area contributed by atoms with Gasteiger partial charge in [0.05, 0.1) is 49.6 Å². The third kappa shape index (κ3) is 10.3. The predicted molar refractivity (Wildman–Crippen MR) is 245 cm³/mol. The molecule has 8 rings (SSSR count). The molecule has 0 saturated heterocycles. The van der Waals surface area contributed by atoms with Crippen LogP contribution in [0.15, 0.2) is 190 Å². The van der Waals surface area contributed by atoms with Gasteiger partial charge < -0.3 is 10.6 Å². The monoisotopic (exact) mass is 982 g/mol. The number of fused-ring (bicyclic) bond motifs is 3. The average Bonchev–Trinajstić information content (AvgIpc) is 3.27. The Kier molecular flexibility index (Phi) is 12.1. The van der Waals surface area contributed by atoms with Crippen molar-refractivity contribution >= 4 is 118 Å². The Morgan fingerprint density at radius 1 is 0.418 bits per heavy atom. The molecule has 67 heavy (non-hydrogen) atoms. The van der Waals surface area contributed by atoms with Crippen molar-refractivity contribution in [3.63, 3.8) is 0 Å². The Bertz CT molecular complexity index is 3890. The molecule has 340 valence electrons. The summed E-state index contributed by atoms with van der Waals surface area (Å²) in [5, 5.41) is 26.7. The lowest BCUT2D eigenvalue weighted by Gasteiger charge is -2.10. The SMILES string of the molecule is Nc1ccc(N=Nc2ccc(N=Nc3ccc(N=Nc4cc5ccc(NOc6ccccc6)cc5cc4S(=O)(=O)O)c4ccc(S(=O)(=O)O)cc34)c3ccc(S(=O)(=O)O)cc23)cc1S(=O)(=O)O. The van der Waals surface area contributed by atoms with Crippen LogP contribution in [0.2, 0.25) is 0 Å². The molecular weight excluding hydrogens is 953 g/mol. The van der Waals surface area contributed by atoms with Crippen molar-refractivity contribution in [2.75, 3.05) is 11.2 Å². The zero-order valence-electron chi connectivity index (χ0n) is 33.6. The minimum Gasteiger partial charge on any atom is -0.398 e. The van der Waals surface area contributed by atoms with Gasteiger partial charge in [-0.25, -0.2) is 5.48 Å². The van der Waals surface area contributed by atoms with E-state index in [1.54, 1.807) is 42.5 Å².